The Balaban J connectivity index is 0.00000361. The van der Waals surface area contributed by atoms with Crippen LogP contribution in [0, 0.1) is 0 Å². The Hall–Kier alpha value is -0.400. The third-order valence-corrected chi connectivity index (χ3v) is 3.45. The fraction of sp³-hybridized carbons (Fsp3) is 0.462. The zero-order chi connectivity index (χ0) is 14.3. The number of esters is 1. The summed E-state index contributed by atoms with van der Waals surface area (Å²) in [4.78, 5) is 11.0. The van der Waals surface area contributed by atoms with Crippen molar-refractivity contribution >= 4 is 16.1 Å². The molecule has 106 valence electrons. The van der Waals surface area contributed by atoms with Gasteiger partial charge < -0.3 is 9.29 Å². The van der Waals surface area contributed by atoms with Crippen LogP contribution in [-0.4, -0.2) is 18.9 Å². The van der Waals surface area contributed by atoms with Crippen molar-refractivity contribution in [1.29, 1.82) is 0 Å². The third-order valence-electron chi connectivity index (χ3n) is 2.58. The minimum absolute atomic E-state index is 0. The van der Waals surface area contributed by atoms with Crippen molar-refractivity contribution < 1.29 is 52.1 Å². The van der Waals surface area contributed by atoms with Crippen LogP contribution in [0.1, 0.15) is 39.0 Å². The van der Waals surface area contributed by atoms with E-state index in [2.05, 4.69) is 6.92 Å². The van der Waals surface area contributed by atoms with Gasteiger partial charge >= 0.3 is 35.5 Å². The van der Waals surface area contributed by atoms with Gasteiger partial charge in [0.2, 0.25) is 0 Å². The number of benzene rings is 1. The van der Waals surface area contributed by atoms with E-state index < -0.39 is 21.0 Å². The van der Waals surface area contributed by atoms with E-state index in [1.165, 1.54) is 18.2 Å². The second-order valence-corrected chi connectivity index (χ2v) is 5.53. The van der Waals surface area contributed by atoms with Gasteiger partial charge in [-0.15, -0.1) is 0 Å². The van der Waals surface area contributed by atoms with Gasteiger partial charge in [-0.05, 0) is 18.6 Å². The van der Waals surface area contributed by atoms with E-state index in [1.807, 2.05) is 0 Å². The van der Waals surface area contributed by atoms with E-state index in [0.29, 0.717) is 6.42 Å². The van der Waals surface area contributed by atoms with Crippen LogP contribution in [0.4, 0.5) is 0 Å². The summed E-state index contributed by atoms with van der Waals surface area (Å²) < 4.78 is 37.9. The van der Waals surface area contributed by atoms with Gasteiger partial charge in [-0.25, -0.2) is 8.42 Å². The first-order valence-electron chi connectivity index (χ1n) is 6.20. The average molecular weight is 308 g/mol. The SMILES string of the molecule is CCCCCCC(=O)Oc1ccccc1S(=O)(=O)[O-].[Na+]. The summed E-state index contributed by atoms with van der Waals surface area (Å²) >= 11 is 0. The van der Waals surface area contributed by atoms with Gasteiger partial charge in [0.15, 0.2) is 0 Å². The predicted octanol–water partition coefficient (Wildman–Crippen LogP) is -0.529. The van der Waals surface area contributed by atoms with Gasteiger partial charge in [-0.1, -0.05) is 38.3 Å². The van der Waals surface area contributed by atoms with Crippen LogP contribution < -0.4 is 34.3 Å². The monoisotopic (exact) mass is 308 g/mol. The van der Waals surface area contributed by atoms with Crippen LogP contribution in [-0.2, 0) is 14.9 Å². The molecule has 0 N–H and O–H groups in total. The predicted molar refractivity (Wildman–Crippen MR) is 68.8 cm³/mol. The van der Waals surface area contributed by atoms with Crippen LogP contribution in [0.25, 0.3) is 0 Å². The summed E-state index contributed by atoms with van der Waals surface area (Å²) in [5, 5.41) is 0. The topological polar surface area (TPSA) is 83.5 Å². The number of ether oxygens (including phenoxy) is 1. The molecule has 0 aliphatic rings. The Morgan fingerprint density at radius 2 is 1.85 bits per heavy atom. The second-order valence-electron chi connectivity index (χ2n) is 4.19. The molecule has 7 heteroatoms. The third kappa shape index (κ3) is 6.85. The number of para-hydroxylation sites is 1. The minimum Gasteiger partial charge on any atom is -0.744 e. The number of carbonyl (C=O) groups excluding carboxylic acids is 1. The smallest absolute Gasteiger partial charge is 0.744 e. The maximum atomic E-state index is 11.5. The molecular weight excluding hydrogens is 291 g/mol. The van der Waals surface area contributed by atoms with Gasteiger partial charge in [0.05, 0.1) is 4.90 Å². The Morgan fingerprint density at radius 1 is 1.20 bits per heavy atom. The summed E-state index contributed by atoms with van der Waals surface area (Å²) in [6, 6.07) is 5.34. The zero-order valence-corrected chi connectivity index (χ0v) is 14.6. The van der Waals surface area contributed by atoms with Crippen molar-refractivity contribution in [2.24, 2.45) is 0 Å². The van der Waals surface area contributed by atoms with Gasteiger partial charge in [-0.2, -0.15) is 0 Å². The first-order chi connectivity index (χ1) is 8.95. The van der Waals surface area contributed by atoms with E-state index in [4.69, 9.17) is 4.74 Å². The quantitative estimate of drug-likeness (QED) is 0.222. The molecule has 0 atom stereocenters. The van der Waals surface area contributed by atoms with Crippen molar-refractivity contribution in [2.75, 3.05) is 0 Å². The number of hydrogen-bond donors (Lipinski definition) is 0. The van der Waals surface area contributed by atoms with E-state index in [1.54, 1.807) is 0 Å². The number of rotatable bonds is 7. The van der Waals surface area contributed by atoms with Crippen molar-refractivity contribution in [1.82, 2.24) is 0 Å². The Labute approximate surface area is 141 Å². The molecule has 5 nitrogen and oxygen atoms in total. The molecule has 0 aliphatic heterocycles. The molecule has 0 heterocycles. The molecule has 0 amide bonds. The molecule has 0 aliphatic carbocycles. The maximum Gasteiger partial charge on any atom is 1.00 e. The Morgan fingerprint density at radius 3 is 2.45 bits per heavy atom. The summed E-state index contributed by atoms with van der Waals surface area (Å²) in [6.07, 6.45) is 3.93. The van der Waals surface area contributed by atoms with Crippen LogP contribution in [0.3, 0.4) is 0 Å². The zero-order valence-electron chi connectivity index (χ0n) is 11.8. The standard InChI is InChI=1S/C13H18O5S.Na/c1-2-3-4-5-10-13(14)18-11-8-6-7-9-12(11)19(15,16)17;/h6-9H,2-5,10H2,1H3,(H,15,16,17);/q;+1/p-1. The molecule has 1 aromatic rings. The molecule has 1 rings (SSSR count). The largest absolute Gasteiger partial charge is 1.00 e. The second kappa shape index (κ2) is 9.52. The number of unbranched alkanes of at least 4 members (excludes halogenated alkanes) is 3. The van der Waals surface area contributed by atoms with Crippen molar-refractivity contribution in [3.05, 3.63) is 24.3 Å². The van der Waals surface area contributed by atoms with Crippen LogP contribution >= 0.6 is 0 Å². The first-order valence-corrected chi connectivity index (χ1v) is 7.61. The van der Waals surface area contributed by atoms with Crippen LogP contribution in [0.15, 0.2) is 29.2 Å². The van der Waals surface area contributed by atoms with Crippen molar-refractivity contribution in [3.8, 4) is 5.75 Å². The van der Waals surface area contributed by atoms with E-state index in [-0.39, 0.29) is 41.7 Å². The number of carbonyl (C=O) groups is 1. The van der Waals surface area contributed by atoms with E-state index in [9.17, 15) is 17.8 Å². The molecule has 0 aromatic heterocycles. The molecule has 20 heavy (non-hydrogen) atoms. The molecule has 0 radical (unpaired) electrons. The molecule has 0 saturated heterocycles. The van der Waals surface area contributed by atoms with Crippen LogP contribution in [0.2, 0.25) is 0 Å². The van der Waals surface area contributed by atoms with Gasteiger partial charge in [0.25, 0.3) is 0 Å². The normalized spacial score (nSPS) is 10.7. The average Bonchev–Trinajstić information content (AvgIpc) is 2.34. The number of hydrogen-bond acceptors (Lipinski definition) is 5. The van der Waals surface area contributed by atoms with Crippen molar-refractivity contribution in [2.45, 2.75) is 43.9 Å². The minimum atomic E-state index is -4.64. The first kappa shape index (κ1) is 19.6. The molecule has 1 aromatic carbocycles. The molecular formula is C13H17NaO5S. The summed E-state index contributed by atoms with van der Waals surface area (Å²) in [6.45, 7) is 2.06. The molecule has 0 spiro atoms. The molecule has 0 unspecified atom stereocenters. The fourth-order valence-electron chi connectivity index (χ4n) is 1.61. The van der Waals surface area contributed by atoms with Crippen molar-refractivity contribution in [3.63, 3.8) is 0 Å². The molecule has 0 fully saturated rings. The maximum absolute atomic E-state index is 11.5. The summed E-state index contributed by atoms with van der Waals surface area (Å²) in [7, 11) is -4.64. The Kier molecular flexibility index (Phi) is 9.33. The van der Waals surface area contributed by atoms with Gasteiger partial charge in [0, 0.05) is 6.42 Å². The summed E-state index contributed by atoms with van der Waals surface area (Å²) in [5.41, 5.74) is 0. The van der Waals surface area contributed by atoms with Gasteiger partial charge in [0.1, 0.15) is 15.9 Å². The van der Waals surface area contributed by atoms with Crippen LogP contribution in [0.5, 0.6) is 5.75 Å². The summed E-state index contributed by atoms with van der Waals surface area (Å²) in [5.74, 6) is -0.717. The molecule has 0 saturated carbocycles. The Bertz CT molecular complexity index is 527. The molecule has 0 bridgehead atoms. The van der Waals surface area contributed by atoms with E-state index in [0.717, 1.165) is 25.3 Å². The van der Waals surface area contributed by atoms with Gasteiger partial charge in [-0.3, -0.25) is 4.79 Å². The van der Waals surface area contributed by atoms with E-state index >= 15 is 0 Å². The fourth-order valence-corrected chi connectivity index (χ4v) is 2.21.